The van der Waals surface area contributed by atoms with Crippen molar-refractivity contribution in [1.82, 2.24) is 4.90 Å². The molecule has 102 valence electrons. The third-order valence-corrected chi connectivity index (χ3v) is 3.80. The molecule has 1 heterocycles. The first-order valence-corrected chi connectivity index (χ1v) is 6.87. The Morgan fingerprint density at radius 1 is 1.15 bits per heavy atom. The van der Waals surface area contributed by atoms with Crippen LogP contribution in [-0.4, -0.2) is 17.4 Å². The Bertz CT molecular complexity index is 647. The Balaban J connectivity index is 1.83. The molecule has 3 rings (SSSR count). The highest BCUT2D eigenvalue weighted by Gasteiger charge is 2.24. The molecule has 1 aliphatic rings. The van der Waals surface area contributed by atoms with Gasteiger partial charge in [0.05, 0.1) is 0 Å². The highest BCUT2D eigenvalue weighted by molar-refractivity contribution is 5.97. The summed E-state index contributed by atoms with van der Waals surface area (Å²) in [5, 5.41) is 0. The van der Waals surface area contributed by atoms with Gasteiger partial charge in [-0.1, -0.05) is 35.9 Å². The van der Waals surface area contributed by atoms with Gasteiger partial charge in [-0.2, -0.15) is 0 Å². The number of nitrogen functional groups attached to an aromatic ring is 1. The van der Waals surface area contributed by atoms with Crippen LogP contribution >= 0.6 is 0 Å². The summed E-state index contributed by atoms with van der Waals surface area (Å²) < 4.78 is 0. The van der Waals surface area contributed by atoms with Crippen LogP contribution in [0.3, 0.4) is 0 Å². The lowest BCUT2D eigenvalue weighted by atomic mass is 9.98. The largest absolute Gasteiger partial charge is 0.399 e. The monoisotopic (exact) mass is 266 g/mol. The lowest BCUT2D eigenvalue weighted by Gasteiger charge is -2.29. The smallest absolute Gasteiger partial charge is 0.254 e. The van der Waals surface area contributed by atoms with Crippen molar-refractivity contribution in [3.63, 3.8) is 0 Å². The van der Waals surface area contributed by atoms with E-state index in [2.05, 4.69) is 31.2 Å². The van der Waals surface area contributed by atoms with Crippen molar-refractivity contribution in [2.24, 2.45) is 0 Å². The molecule has 2 N–H and O–H groups in total. The predicted octanol–water partition coefficient (Wildman–Crippen LogP) is 2.78. The topological polar surface area (TPSA) is 46.3 Å². The fourth-order valence-corrected chi connectivity index (χ4v) is 2.60. The van der Waals surface area contributed by atoms with E-state index < -0.39 is 0 Å². The third-order valence-electron chi connectivity index (χ3n) is 3.80. The summed E-state index contributed by atoms with van der Waals surface area (Å²) in [5.41, 5.74) is 10.7. The van der Waals surface area contributed by atoms with Gasteiger partial charge in [-0.05, 0) is 36.6 Å². The summed E-state index contributed by atoms with van der Waals surface area (Å²) in [5.74, 6) is 0.0825. The van der Waals surface area contributed by atoms with Crippen molar-refractivity contribution < 1.29 is 4.79 Å². The second-order valence-corrected chi connectivity index (χ2v) is 5.38. The quantitative estimate of drug-likeness (QED) is 0.850. The first-order chi connectivity index (χ1) is 9.63. The third kappa shape index (κ3) is 2.39. The van der Waals surface area contributed by atoms with Crippen LogP contribution in [0.25, 0.3) is 0 Å². The van der Waals surface area contributed by atoms with E-state index in [4.69, 9.17) is 5.73 Å². The number of carbonyl (C=O) groups is 1. The summed E-state index contributed by atoms with van der Waals surface area (Å²) in [6.07, 6.45) is 0.896. The number of carbonyl (C=O) groups excluding carboxylic acids is 1. The van der Waals surface area contributed by atoms with Gasteiger partial charge in [0.1, 0.15) is 0 Å². The van der Waals surface area contributed by atoms with Crippen molar-refractivity contribution in [3.8, 4) is 0 Å². The van der Waals surface area contributed by atoms with Crippen molar-refractivity contribution in [1.29, 1.82) is 0 Å². The summed E-state index contributed by atoms with van der Waals surface area (Å²) in [6, 6.07) is 13.9. The zero-order chi connectivity index (χ0) is 14.1. The molecule has 2 aromatic rings. The van der Waals surface area contributed by atoms with E-state index in [9.17, 15) is 4.79 Å². The second-order valence-electron chi connectivity index (χ2n) is 5.38. The minimum atomic E-state index is 0.0825. The average molecular weight is 266 g/mol. The van der Waals surface area contributed by atoms with Gasteiger partial charge in [0, 0.05) is 24.3 Å². The van der Waals surface area contributed by atoms with E-state index in [-0.39, 0.29) is 5.91 Å². The van der Waals surface area contributed by atoms with Gasteiger partial charge in [0.25, 0.3) is 5.91 Å². The highest BCUT2D eigenvalue weighted by atomic mass is 16.2. The fraction of sp³-hybridized carbons (Fsp3) is 0.235. The Kier molecular flexibility index (Phi) is 3.18. The lowest BCUT2D eigenvalue weighted by molar-refractivity contribution is 0.0727. The van der Waals surface area contributed by atoms with Crippen LogP contribution < -0.4 is 5.73 Å². The van der Waals surface area contributed by atoms with Gasteiger partial charge in [0.2, 0.25) is 0 Å². The van der Waals surface area contributed by atoms with Crippen molar-refractivity contribution in [2.45, 2.75) is 19.9 Å². The zero-order valence-electron chi connectivity index (χ0n) is 11.6. The molecule has 0 bridgehead atoms. The van der Waals surface area contributed by atoms with Crippen molar-refractivity contribution in [2.75, 3.05) is 12.3 Å². The Labute approximate surface area is 119 Å². The molecular weight excluding hydrogens is 248 g/mol. The maximum absolute atomic E-state index is 12.5. The van der Waals surface area contributed by atoms with E-state index in [0.29, 0.717) is 12.2 Å². The average Bonchev–Trinajstić information content (AvgIpc) is 2.45. The summed E-state index contributed by atoms with van der Waals surface area (Å²) >= 11 is 0. The standard InChI is InChI=1S/C17H18N2O/c1-12-2-4-13(5-3-12)11-19-9-8-14-6-7-15(18)10-16(14)17(19)20/h2-7,10H,8-9,11,18H2,1H3. The van der Waals surface area contributed by atoms with E-state index in [1.165, 1.54) is 5.56 Å². The summed E-state index contributed by atoms with van der Waals surface area (Å²) in [7, 11) is 0. The maximum Gasteiger partial charge on any atom is 0.254 e. The van der Waals surface area contributed by atoms with Gasteiger partial charge >= 0.3 is 0 Å². The molecule has 0 aliphatic carbocycles. The number of fused-ring (bicyclic) bond motifs is 1. The Morgan fingerprint density at radius 2 is 1.90 bits per heavy atom. The molecule has 2 aromatic carbocycles. The molecule has 3 nitrogen and oxygen atoms in total. The Morgan fingerprint density at radius 3 is 2.65 bits per heavy atom. The molecule has 1 amide bonds. The van der Waals surface area contributed by atoms with Crippen molar-refractivity contribution >= 4 is 11.6 Å². The summed E-state index contributed by atoms with van der Waals surface area (Å²) in [4.78, 5) is 14.4. The molecule has 0 spiro atoms. The first kappa shape index (κ1) is 12.7. The van der Waals surface area contributed by atoms with Gasteiger partial charge in [-0.25, -0.2) is 0 Å². The molecule has 0 saturated heterocycles. The van der Waals surface area contributed by atoms with Crippen LogP contribution in [0, 0.1) is 6.92 Å². The van der Waals surface area contributed by atoms with Gasteiger partial charge in [0.15, 0.2) is 0 Å². The number of hydrogen-bond acceptors (Lipinski definition) is 2. The van der Waals surface area contributed by atoms with E-state index in [1.807, 2.05) is 17.0 Å². The number of rotatable bonds is 2. The SMILES string of the molecule is Cc1ccc(CN2CCc3ccc(N)cc3C2=O)cc1. The number of amides is 1. The molecule has 3 heteroatoms. The van der Waals surface area contributed by atoms with E-state index in [0.717, 1.165) is 29.7 Å². The molecular formula is C17H18N2O. The zero-order valence-corrected chi connectivity index (χ0v) is 11.6. The lowest BCUT2D eigenvalue weighted by Crippen LogP contribution is -2.37. The van der Waals surface area contributed by atoms with E-state index in [1.54, 1.807) is 6.07 Å². The fourth-order valence-electron chi connectivity index (χ4n) is 2.60. The molecule has 0 fully saturated rings. The van der Waals surface area contributed by atoms with E-state index >= 15 is 0 Å². The van der Waals surface area contributed by atoms with Crippen LogP contribution in [0.5, 0.6) is 0 Å². The Hall–Kier alpha value is -2.29. The number of hydrogen-bond donors (Lipinski definition) is 1. The van der Waals surface area contributed by atoms with Gasteiger partial charge < -0.3 is 10.6 Å². The number of nitrogens with two attached hydrogens (primary N) is 1. The molecule has 0 unspecified atom stereocenters. The van der Waals surface area contributed by atoms with Crippen LogP contribution in [0.15, 0.2) is 42.5 Å². The molecule has 0 aromatic heterocycles. The molecule has 0 saturated carbocycles. The first-order valence-electron chi connectivity index (χ1n) is 6.87. The number of aryl methyl sites for hydroxylation is 1. The normalized spacial score (nSPS) is 14.2. The molecule has 0 radical (unpaired) electrons. The number of nitrogens with zero attached hydrogens (tertiary/aromatic N) is 1. The van der Waals surface area contributed by atoms with Crippen LogP contribution in [0.2, 0.25) is 0 Å². The number of benzene rings is 2. The predicted molar refractivity (Wildman–Crippen MR) is 80.5 cm³/mol. The maximum atomic E-state index is 12.5. The van der Waals surface area contributed by atoms with Gasteiger partial charge in [-0.3, -0.25) is 4.79 Å². The van der Waals surface area contributed by atoms with Crippen LogP contribution in [-0.2, 0) is 13.0 Å². The van der Waals surface area contributed by atoms with Crippen LogP contribution in [0.1, 0.15) is 27.0 Å². The van der Waals surface area contributed by atoms with Crippen molar-refractivity contribution in [3.05, 3.63) is 64.7 Å². The second kappa shape index (κ2) is 5.00. The van der Waals surface area contributed by atoms with Crippen LogP contribution in [0.4, 0.5) is 5.69 Å². The minimum absolute atomic E-state index is 0.0825. The molecule has 1 aliphatic heterocycles. The molecule has 0 atom stereocenters. The van der Waals surface area contributed by atoms with Gasteiger partial charge in [-0.15, -0.1) is 0 Å². The number of anilines is 1. The minimum Gasteiger partial charge on any atom is -0.399 e. The summed E-state index contributed by atoms with van der Waals surface area (Å²) in [6.45, 7) is 3.49. The highest BCUT2D eigenvalue weighted by Crippen LogP contribution is 2.22. The molecule has 20 heavy (non-hydrogen) atoms.